The summed E-state index contributed by atoms with van der Waals surface area (Å²) < 4.78 is 53.8. The highest BCUT2D eigenvalue weighted by Crippen LogP contribution is 2.36. The van der Waals surface area contributed by atoms with Crippen LogP contribution >= 0.6 is 0 Å². The standard InChI is InChI=1S/C17H16F3N3O5/c1-26-14-8-16(28-3)15(27-2)6-10(14)9-21-22-12-5-4-11(17(18,19)20)7-13(12)23(24)25/h4-9,22H,1-3H3/b21-9-. The van der Waals surface area contributed by atoms with Crippen molar-refractivity contribution in [2.75, 3.05) is 26.8 Å². The molecule has 1 N–H and O–H groups in total. The van der Waals surface area contributed by atoms with Gasteiger partial charge in [0.05, 0.1) is 38.0 Å². The molecule has 2 rings (SSSR count). The van der Waals surface area contributed by atoms with Crippen molar-refractivity contribution in [1.29, 1.82) is 0 Å². The molecule has 0 bridgehead atoms. The molecular weight excluding hydrogens is 383 g/mol. The lowest BCUT2D eigenvalue weighted by Crippen LogP contribution is -2.06. The van der Waals surface area contributed by atoms with E-state index in [0.29, 0.717) is 28.9 Å². The topological polar surface area (TPSA) is 95.2 Å². The fourth-order valence-corrected chi connectivity index (χ4v) is 2.28. The van der Waals surface area contributed by atoms with E-state index in [1.165, 1.54) is 27.5 Å². The van der Waals surface area contributed by atoms with Crippen molar-refractivity contribution in [2.45, 2.75) is 6.18 Å². The smallest absolute Gasteiger partial charge is 0.416 e. The van der Waals surface area contributed by atoms with E-state index in [1.807, 2.05) is 0 Å². The van der Waals surface area contributed by atoms with Crippen molar-refractivity contribution in [1.82, 2.24) is 0 Å². The highest BCUT2D eigenvalue weighted by atomic mass is 19.4. The van der Waals surface area contributed by atoms with Crippen molar-refractivity contribution in [3.05, 3.63) is 51.6 Å². The van der Waals surface area contributed by atoms with Crippen LogP contribution in [0.25, 0.3) is 0 Å². The summed E-state index contributed by atoms with van der Waals surface area (Å²) in [5.74, 6) is 1.19. The predicted octanol–water partition coefficient (Wildman–Crippen LogP) is 4.09. The zero-order valence-corrected chi connectivity index (χ0v) is 15.0. The molecule has 0 saturated carbocycles. The Morgan fingerprint density at radius 1 is 1.04 bits per heavy atom. The summed E-state index contributed by atoms with van der Waals surface area (Å²) in [4.78, 5) is 10.2. The van der Waals surface area contributed by atoms with E-state index in [4.69, 9.17) is 14.2 Å². The van der Waals surface area contributed by atoms with Crippen molar-refractivity contribution < 1.29 is 32.3 Å². The van der Waals surface area contributed by atoms with Crippen LogP contribution in [0.3, 0.4) is 0 Å². The average Bonchev–Trinajstić information content (AvgIpc) is 2.66. The maximum absolute atomic E-state index is 12.7. The Kier molecular flexibility index (Phi) is 6.29. The summed E-state index contributed by atoms with van der Waals surface area (Å²) in [6.07, 6.45) is -3.41. The fourth-order valence-electron chi connectivity index (χ4n) is 2.28. The number of nitro benzene ring substituents is 1. The molecule has 0 aliphatic heterocycles. The minimum atomic E-state index is -4.69. The number of ether oxygens (including phenoxy) is 3. The molecule has 0 aromatic heterocycles. The quantitative estimate of drug-likeness (QED) is 0.428. The molecule has 28 heavy (non-hydrogen) atoms. The van der Waals surface area contributed by atoms with Gasteiger partial charge in [-0.15, -0.1) is 0 Å². The van der Waals surface area contributed by atoms with E-state index in [2.05, 4.69) is 10.5 Å². The number of alkyl halides is 3. The Bertz CT molecular complexity index is 900. The number of hydrogen-bond acceptors (Lipinski definition) is 7. The van der Waals surface area contributed by atoms with Gasteiger partial charge in [0.2, 0.25) is 0 Å². The normalized spacial score (nSPS) is 11.4. The molecule has 0 spiro atoms. The molecule has 150 valence electrons. The van der Waals surface area contributed by atoms with Gasteiger partial charge in [0.15, 0.2) is 11.5 Å². The first kappa shape index (κ1) is 20.8. The molecule has 0 fully saturated rings. The summed E-state index contributed by atoms with van der Waals surface area (Å²) in [6.45, 7) is 0. The van der Waals surface area contributed by atoms with Gasteiger partial charge in [-0.1, -0.05) is 0 Å². The fraction of sp³-hybridized carbons (Fsp3) is 0.235. The highest BCUT2D eigenvalue weighted by molar-refractivity contribution is 5.86. The molecule has 11 heteroatoms. The molecule has 0 aliphatic carbocycles. The maximum Gasteiger partial charge on any atom is 0.416 e. The third kappa shape index (κ3) is 4.61. The van der Waals surface area contributed by atoms with Crippen LogP contribution < -0.4 is 19.6 Å². The van der Waals surface area contributed by atoms with Crippen molar-refractivity contribution in [3.8, 4) is 17.2 Å². The largest absolute Gasteiger partial charge is 0.496 e. The average molecular weight is 399 g/mol. The Morgan fingerprint density at radius 2 is 1.64 bits per heavy atom. The number of nitrogens with zero attached hydrogens (tertiary/aromatic N) is 2. The number of nitro groups is 1. The molecule has 0 radical (unpaired) electrons. The minimum Gasteiger partial charge on any atom is -0.496 e. The molecule has 2 aromatic carbocycles. The first-order chi connectivity index (χ1) is 13.2. The SMILES string of the molecule is COc1cc(OC)c(OC)cc1/C=N\Nc1ccc(C(F)(F)F)cc1[N+](=O)[O-]. The van der Waals surface area contributed by atoms with Crippen LogP contribution in [-0.4, -0.2) is 32.5 Å². The lowest BCUT2D eigenvalue weighted by Gasteiger charge is -2.12. The molecule has 0 atom stereocenters. The zero-order valence-electron chi connectivity index (χ0n) is 15.0. The first-order valence-corrected chi connectivity index (χ1v) is 7.66. The van der Waals surface area contributed by atoms with Crippen LogP contribution in [0.2, 0.25) is 0 Å². The molecule has 0 saturated heterocycles. The molecule has 0 aliphatic rings. The number of nitrogens with one attached hydrogen (secondary N) is 1. The lowest BCUT2D eigenvalue weighted by molar-refractivity contribution is -0.384. The Hall–Kier alpha value is -3.50. The molecule has 8 nitrogen and oxygen atoms in total. The van der Waals surface area contributed by atoms with Crippen LogP contribution in [-0.2, 0) is 6.18 Å². The maximum atomic E-state index is 12.7. The van der Waals surface area contributed by atoms with E-state index in [1.54, 1.807) is 12.1 Å². The molecule has 0 amide bonds. The molecule has 0 unspecified atom stereocenters. The summed E-state index contributed by atoms with van der Waals surface area (Å²) in [5, 5.41) is 14.9. The second-order valence-corrected chi connectivity index (χ2v) is 5.31. The summed E-state index contributed by atoms with van der Waals surface area (Å²) in [5.41, 5.74) is 0.731. The minimum absolute atomic E-state index is 0.200. The van der Waals surface area contributed by atoms with Crippen molar-refractivity contribution in [2.24, 2.45) is 5.10 Å². The molecule has 0 heterocycles. The van der Waals surface area contributed by atoms with Crippen LogP contribution in [0.5, 0.6) is 17.2 Å². The van der Waals surface area contributed by atoms with Crippen molar-refractivity contribution in [3.63, 3.8) is 0 Å². The van der Waals surface area contributed by atoms with Gasteiger partial charge in [0.25, 0.3) is 5.69 Å². The number of rotatable bonds is 7. The predicted molar refractivity (Wildman–Crippen MR) is 95.4 cm³/mol. The van der Waals surface area contributed by atoms with E-state index in [0.717, 1.165) is 12.1 Å². The first-order valence-electron chi connectivity index (χ1n) is 7.66. The Morgan fingerprint density at radius 3 is 2.18 bits per heavy atom. The van der Waals surface area contributed by atoms with Crippen LogP contribution in [0.1, 0.15) is 11.1 Å². The number of anilines is 1. The van der Waals surface area contributed by atoms with Gasteiger partial charge in [-0.05, 0) is 18.2 Å². The second-order valence-electron chi connectivity index (χ2n) is 5.31. The lowest BCUT2D eigenvalue weighted by atomic mass is 10.1. The van der Waals surface area contributed by atoms with E-state index in [-0.39, 0.29) is 5.69 Å². The number of halogens is 3. The summed E-state index contributed by atoms with van der Waals surface area (Å²) in [7, 11) is 4.32. The van der Waals surface area contributed by atoms with E-state index < -0.39 is 22.4 Å². The Balaban J connectivity index is 2.33. The van der Waals surface area contributed by atoms with Crippen LogP contribution in [0.15, 0.2) is 35.4 Å². The summed E-state index contributed by atoms with van der Waals surface area (Å²) in [6, 6.07) is 5.21. The van der Waals surface area contributed by atoms with Gasteiger partial charge in [-0.25, -0.2) is 0 Å². The van der Waals surface area contributed by atoms with Gasteiger partial charge in [-0.3, -0.25) is 15.5 Å². The number of methoxy groups -OCH3 is 3. The van der Waals surface area contributed by atoms with Gasteiger partial charge >= 0.3 is 6.18 Å². The van der Waals surface area contributed by atoms with Crippen LogP contribution in [0, 0.1) is 10.1 Å². The molecular formula is C17H16F3N3O5. The second kappa shape index (κ2) is 8.46. The summed E-state index contributed by atoms with van der Waals surface area (Å²) >= 11 is 0. The number of hydrogen-bond donors (Lipinski definition) is 1. The van der Waals surface area contributed by atoms with Crippen molar-refractivity contribution >= 4 is 17.6 Å². The number of benzene rings is 2. The number of hydrazone groups is 1. The van der Waals surface area contributed by atoms with Gasteiger partial charge in [0, 0.05) is 17.7 Å². The monoisotopic (exact) mass is 399 g/mol. The van der Waals surface area contributed by atoms with Crippen LogP contribution in [0.4, 0.5) is 24.5 Å². The molecule has 2 aromatic rings. The van der Waals surface area contributed by atoms with Gasteiger partial charge < -0.3 is 14.2 Å². The third-order valence-electron chi connectivity index (χ3n) is 3.65. The van der Waals surface area contributed by atoms with E-state index in [9.17, 15) is 23.3 Å². The van der Waals surface area contributed by atoms with Gasteiger partial charge in [-0.2, -0.15) is 18.3 Å². The Labute approximate surface area is 157 Å². The highest BCUT2D eigenvalue weighted by Gasteiger charge is 2.33. The van der Waals surface area contributed by atoms with E-state index >= 15 is 0 Å². The zero-order chi connectivity index (χ0) is 20.9. The van der Waals surface area contributed by atoms with Gasteiger partial charge in [0.1, 0.15) is 11.4 Å². The third-order valence-corrected chi connectivity index (χ3v) is 3.65.